The summed E-state index contributed by atoms with van der Waals surface area (Å²) in [5.74, 6) is -0.815. The number of ether oxygens (including phenoxy) is 2. The van der Waals surface area contributed by atoms with Crippen molar-refractivity contribution in [2.24, 2.45) is 0 Å². The molecule has 2 N–H and O–H groups in total. The summed E-state index contributed by atoms with van der Waals surface area (Å²) in [4.78, 5) is 23.2. The van der Waals surface area contributed by atoms with E-state index in [-0.39, 0.29) is 11.5 Å². The Labute approximate surface area is 140 Å². The summed E-state index contributed by atoms with van der Waals surface area (Å²) in [6, 6.07) is 12.8. The molecule has 24 heavy (non-hydrogen) atoms. The minimum atomic E-state index is -1.05. The van der Waals surface area contributed by atoms with Crippen molar-refractivity contribution < 1.29 is 24.2 Å². The summed E-state index contributed by atoms with van der Waals surface area (Å²) in [6.07, 6.45) is 0. The molecule has 0 saturated carbocycles. The highest BCUT2D eigenvalue weighted by Gasteiger charge is 2.09. The van der Waals surface area contributed by atoms with Gasteiger partial charge in [-0.1, -0.05) is 12.1 Å². The first-order valence-corrected chi connectivity index (χ1v) is 7.55. The summed E-state index contributed by atoms with van der Waals surface area (Å²) >= 11 is 0. The van der Waals surface area contributed by atoms with Crippen molar-refractivity contribution in [3.05, 3.63) is 59.7 Å². The van der Waals surface area contributed by atoms with Crippen LogP contribution in [0.2, 0.25) is 0 Å². The molecule has 126 valence electrons. The zero-order valence-electron chi connectivity index (χ0n) is 13.3. The molecule has 0 bridgehead atoms. The van der Waals surface area contributed by atoms with E-state index < -0.39 is 5.97 Å². The highest BCUT2D eigenvalue weighted by atomic mass is 16.5. The number of hydrogen-bond donors (Lipinski definition) is 2. The van der Waals surface area contributed by atoms with Crippen LogP contribution < -0.4 is 10.1 Å². The van der Waals surface area contributed by atoms with Gasteiger partial charge < -0.3 is 19.9 Å². The Morgan fingerprint density at radius 3 is 2.54 bits per heavy atom. The van der Waals surface area contributed by atoms with E-state index in [4.69, 9.17) is 14.6 Å². The Morgan fingerprint density at radius 2 is 1.79 bits per heavy atom. The number of aromatic carboxylic acids is 1. The molecule has 0 heterocycles. The van der Waals surface area contributed by atoms with Crippen LogP contribution in [0.1, 0.15) is 27.6 Å². The first-order chi connectivity index (χ1) is 11.6. The van der Waals surface area contributed by atoms with Crippen molar-refractivity contribution >= 4 is 17.6 Å². The first kappa shape index (κ1) is 17.5. The third kappa shape index (κ3) is 5.10. The van der Waals surface area contributed by atoms with E-state index in [1.807, 2.05) is 6.92 Å². The van der Waals surface area contributed by atoms with Crippen LogP contribution in [0.4, 0.5) is 5.69 Å². The van der Waals surface area contributed by atoms with Gasteiger partial charge in [0, 0.05) is 17.9 Å². The van der Waals surface area contributed by atoms with Crippen LogP contribution in [0.5, 0.6) is 5.75 Å². The van der Waals surface area contributed by atoms with Gasteiger partial charge in [-0.15, -0.1) is 0 Å². The van der Waals surface area contributed by atoms with Crippen LogP contribution >= 0.6 is 0 Å². The summed E-state index contributed by atoms with van der Waals surface area (Å²) in [7, 11) is 0. The molecule has 0 unspecified atom stereocenters. The number of amides is 1. The maximum absolute atomic E-state index is 12.3. The number of benzene rings is 2. The van der Waals surface area contributed by atoms with Gasteiger partial charge in [0.05, 0.1) is 12.2 Å². The lowest BCUT2D eigenvalue weighted by Gasteiger charge is -2.09. The highest BCUT2D eigenvalue weighted by molar-refractivity contribution is 6.05. The summed E-state index contributed by atoms with van der Waals surface area (Å²) in [5, 5.41) is 11.7. The van der Waals surface area contributed by atoms with E-state index in [1.165, 1.54) is 12.1 Å². The lowest BCUT2D eigenvalue weighted by atomic mass is 10.1. The Kier molecular flexibility index (Phi) is 6.33. The second kappa shape index (κ2) is 8.69. The molecule has 2 rings (SSSR count). The van der Waals surface area contributed by atoms with Crippen LogP contribution in [0, 0.1) is 0 Å². The molecule has 0 saturated heterocycles. The fourth-order valence-electron chi connectivity index (χ4n) is 2.02. The Hall–Kier alpha value is -2.86. The predicted octanol–water partition coefficient (Wildman–Crippen LogP) is 3.05. The quantitative estimate of drug-likeness (QED) is 0.727. The number of nitrogens with one attached hydrogen (secondary N) is 1. The van der Waals surface area contributed by atoms with Crippen LogP contribution in [-0.4, -0.2) is 36.8 Å². The average molecular weight is 329 g/mol. The van der Waals surface area contributed by atoms with Crippen LogP contribution in [0.25, 0.3) is 0 Å². The number of hydrogen-bond acceptors (Lipinski definition) is 4. The normalized spacial score (nSPS) is 10.2. The third-order valence-corrected chi connectivity index (χ3v) is 3.16. The Bertz CT molecular complexity index is 714. The monoisotopic (exact) mass is 329 g/mol. The van der Waals surface area contributed by atoms with Crippen molar-refractivity contribution in [3.8, 4) is 5.75 Å². The van der Waals surface area contributed by atoms with Gasteiger partial charge in [-0.2, -0.15) is 0 Å². The van der Waals surface area contributed by atoms with Gasteiger partial charge in [0.25, 0.3) is 5.91 Å². The number of carbonyl (C=O) groups excluding carboxylic acids is 1. The van der Waals surface area contributed by atoms with Crippen molar-refractivity contribution in [2.75, 3.05) is 25.1 Å². The van der Waals surface area contributed by atoms with Gasteiger partial charge >= 0.3 is 5.97 Å². The topological polar surface area (TPSA) is 84.9 Å². The Balaban J connectivity index is 2.01. The fourth-order valence-corrected chi connectivity index (χ4v) is 2.02. The summed E-state index contributed by atoms with van der Waals surface area (Å²) in [5.41, 5.74) is 0.952. The number of carbonyl (C=O) groups is 2. The van der Waals surface area contributed by atoms with E-state index in [9.17, 15) is 9.59 Å². The van der Waals surface area contributed by atoms with Gasteiger partial charge in [0.2, 0.25) is 0 Å². The third-order valence-electron chi connectivity index (χ3n) is 3.16. The smallest absolute Gasteiger partial charge is 0.335 e. The molecule has 2 aromatic rings. The molecular weight excluding hydrogens is 310 g/mol. The van der Waals surface area contributed by atoms with Crippen LogP contribution in [0.15, 0.2) is 48.5 Å². The average Bonchev–Trinajstić information content (AvgIpc) is 2.59. The van der Waals surface area contributed by atoms with E-state index in [2.05, 4.69) is 5.32 Å². The van der Waals surface area contributed by atoms with Crippen LogP contribution in [-0.2, 0) is 4.74 Å². The molecule has 6 nitrogen and oxygen atoms in total. The summed E-state index contributed by atoms with van der Waals surface area (Å²) in [6.45, 7) is 3.42. The number of anilines is 1. The van der Waals surface area contributed by atoms with Crippen molar-refractivity contribution in [1.29, 1.82) is 0 Å². The molecule has 6 heteroatoms. The molecule has 0 radical (unpaired) electrons. The molecule has 0 aliphatic carbocycles. The minimum absolute atomic E-state index is 0.112. The molecule has 0 fully saturated rings. The van der Waals surface area contributed by atoms with Gasteiger partial charge in [-0.05, 0) is 43.3 Å². The lowest BCUT2D eigenvalue weighted by Crippen LogP contribution is -2.13. The molecule has 0 spiro atoms. The fraction of sp³-hybridized carbons (Fsp3) is 0.222. The zero-order valence-corrected chi connectivity index (χ0v) is 13.3. The van der Waals surface area contributed by atoms with Gasteiger partial charge in [-0.3, -0.25) is 4.79 Å². The number of carboxylic acid groups (broad SMARTS) is 1. The Morgan fingerprint density at radius 1 is 1.04 bits per heavy atom. The molecule has 0 aliphatic rings. The number of rotatable bonds is 8. The van der Waals surface area contributed by atoms with Gasteiger partial charge in [0.15, 0.2) is 0 Å². The maximum atomic E-state index is 12.3. The number of carboxylic acids is 1. The lowest BCUT2D eigenvalue weighted by molar-refractivity contribution is 0.0696. The zero-order chi connectivity index (χ0) is 17.4. The van der Waals surface area contributed by atoms with Crippen LogP contribution in [0.3, 0.4) is 0 Å². The molecular formula is C18H19NO5. The largest absolute Gasteiger partial charge is 0.491 e. The molecule has 0 aliphatic heterocycles. The minimum Gasteiger partial charge on any atom is -0.491 e. The van der Waals surface area contributed by atoms with Crippen molar-refractivity contribution in [1.82, 2.24) is 0 Å². The van der Waals surface area contributed by atoms with Crippen molar-refractivity contribution in [2.45, 2.75) is 6.92 Å². The van der Waals surface area contributed by atoms with Crippen molar-refractivity contribution in [3.63, 3.8) is 0 Å². The summed E-state index contributed by atoms with van der Waals surface area (Å²) < 4.78 is 10.7. The molecule has 0 atom stereocenters. The van der Waals surface area contributed by atoms with E-state index in [0.29, 0.717) is 36.8 Å². The van der Waals surface area contributed by atoms with E-state index in [0.717, 1.165) is 0 Å². The molecule has 2 aromatic carbocycles. The first-order valence-electron chi connectivity index (χ1n) is 7.55. The predicted molar refractivity (Wildman–Crippen MR) is 89.8 cm³/mol. The molecule has 1 amide bonds. The second-order valence-electron chi connectivity index (χ2n) is 4.91. The SMILES string of the molecule is CCOCCOc1cccc(C(=O)Nc2cccc(C(=O)O)c2)c1. The van der Waals surface area contributed by atoms with Gasteiger partial charge in [0.1, 0.15) is 12.4 Å². The standard InChI is InChI=1S/C18H19NO5/c1-2-23-9-10-24-16-8-4-5-13(12-16)17(20)19-15-7-3-6-14(11-15)18(21)22/h3-8,11-12H,2,9-10H2,1H3,(H,19,20)(H,21,22). The van der Waals surface area contributed by atoms with E-state index >= 15 is 0 Å². The molecule has 0 aromatic heterocycles. The maximum Gasteiger partial charge on any atom is 0.335 e. The highest BCUT2D eigenvalue weighted by Crippen LogP contribution is 2.16. The van der Waals surface area contributed by atoms with Gasteiger partial charge in [-0.25, -0.2) is 4.79 Å². The van der Waals surface area contributed by atoms with E-state index in [1.54, 1.807) is 36.4 Å². The second-order valence-corrected chi connectivity index (χ2v) is 4.91.